The third kappa shape index (κ3) is 4.61. The van der Waals surface area contributed by atoms with Crippen LogP contribution in [0.1, 0.15) is 41.5 Å². The van der Waals surface area contributed by atoms with Crippen molar-refractivity contribution in [3.8, 4) is 0 Å². The lowest BCUT2D eigenvalue weighted by Crippen LogP contribution is -2.61. The van der Waals surface area contributed by atoms with Crippen LogP contribution in [0.2, 0.25) is 36.3 Å². The van der Waals surface area contributed by atoms with Crippen molar-refractivity contribution in [2.45, 2.75) is 108 Å². The highest BCUT2D eigenvalue weighted by atomic mass is 28.4. The van der Waals surface area contributed by atoms with E-state index in [9.17, 15) is 5.53 Å². The summed E-state index contributed by atoms with van der Waals surface area (Å²) >= 11 is 0. The second-order valence-electron chi connectivity index (χ2n) is 10.8. The van der Waals surface area contributed by atoms with Crippen LogP contribution in [0.15, 0.2) is 5.11 Å². The zero-order valence-electron chi connectivity index (χ0n) is 18.6. The lowest BCUT2D eigenvalue weighted by atomic mass is 9.99. The van der Waals surface area contributed by atoms with E-state index < -0.39 is 35.1 Å². The highest BCUT2D eigenvalue weighted by Gasteiger charge is 2.56. The highest BCUT2D eigenvalue weighted by Crippen LogP contribution is 2.44. The number of ether oxygens (including phenoxy) is 2. The molecule has 156 valence electrons. The van der Waals surface area contributed by atoms with Crippen LogP contribution in [0.4, 0.5) is 0 Å². The normalized spacial score (nSPS) is 32.3. The smallest absolute Gasteiger partial charge is 0.192 e. The predicted octanol–water partition coefficient (Wildman–Crippen LogP) is 5.20. The minimum atomic E-state index is -2.12. The maximum atomic E-state index is 9.25. The Balaban J connectivity index is 2.36. The van der Waals surface area contributed by atoms with E-state index >= 15 is 0 Å². The van der Waals surface area contributed by atoms with E-state index in [1.165, 1.54) is 0 Å². The van der Waals surface area contributed by atoms with Gasteiger partial charge >= 0.3 is 0 Å². The van der Waals surface area contributed by atoms with Gasteiger partial charge in [-0.3, -0.25) is 0 Å². The van der Waals surface area contributed by atoms with E-state index in [-0.39, 0.29) is 22.3 Å². The van der Waals surface area contributed by atoms with Crippen LogP contribution in [0.3, 0.4) is 0 Å². The fourth-order valence-electron chi connectivity index (χ4n) is 2.85. The van der Waals surface area contributed by atoms with E-state index in [2.05, 4.69) is 77.8 Å². The molecule has 27 heavy (non-hydrogen) atoms. The summed E-state index contributed by atoms with van der Waals surface area (Å²) in [5.74, 6) is 0. The fourth-order valence-corrected chi connectivity index (χ4v) is 5.46. The molecule has 2 heterocycles. The number of fused-ring (bicyclic) bond motifs is 2. The second kappa shape index (κ2) is 7.44. The Hall–Kier alpha value is -0.416. The molecule has 0 aliphatic carbocycles. The molecule has 0 aromatic rings. The second-order valence-corrected chi connectivity index (χ2v) is 20.3. The Labute approximate surface area is 166 Å². The average molecular weight is 416 g/mol. The molecule has 2 saturated heterocycles. The summed E-state index contributed by atoms with van der Waals surface area (Å²) in [6, 6.07) is -0.454. The lowest BCUT2D eigenvalue weighted by molar-refractivity contribution is -0.182. The zero-order chi connectivity index (χ0) is 20.8. The monoisotopic (exact) mass is 415 g/mol. The van der Waals surface area contributed by atoms with Crippen LogP contribution in [0.25, 0.3) is 10.4 Å². The highest BCUT2D eigenvalue weighted by molar-refractivity contribution is 6.74. The van der Waals surface area contributed by atoms with Crippen molar-refractivity contribution in [3.63, 3.8) is 0 Å². The standard InChI is InChI=1S/C18H37N3O4Si2/c1-17(2,3)26(7,8)24-14-12-11-22-16(23-12)15(13(14)20-21-19)25-27(9,10)18(4,5)6/h12-16H,11H2,1-10H3/t12-,13+,14-,15-,16-/m1/s1. The molecule has 9 heteroatoms. The molecule has 0 spiro atoms. The van der Waals surface area contributed by atoms with Crippen LogP contribution in [0, 0.1) is 0 Å². The molecule has 0 saturated carbocycles. The molecule has 0 radical (unpaired) electrons. The van der Waals surface area contributed by atoms with Gasteiger partial charge in [-0.15, -0.1) is 0 Å². The summed E-state index contributed by atoms with van der Waals surface area (Å²) in [5, 5.41) is 4.20. The number of nitrogens with zero attached hydrogens (tertiary/aromatic N) is 3. The minimum absolute atomic E-state index is 0.0269. The molecule has 0 unspecified atom stereocenters. The van der Waals surface area contributed by atoms with Crippen molar-refractivity contribution in [2.24, 2.45) is 5.11 Å². The van der Waals surface area contributed by atoms with Gasteiger partial charge < -0.3 is 18.3 Å². The molecule has 2 fully saturated rings. The first kappa shape index (κ1) is 22.9. The van der Waals surface area contributed by atoms with Gasteiger partial charge in [-0.1, -0.05) is 46.7 Å². The molecule has 7 nitrogen and oxygen atoms in total. The fraction of sp³-hybridized carbons (Fsp3) is 1.00. The van der Waals surface area contributed by atoms with Gasteiger partial charge in [-0.05, 0) is 41.8 Å². The summed E-state index contributed by atoms with van der Waals surface area (Å²) < 4.78 is 25.3. The van der Waals surface area contributed by atoms with E-state index in [1.807, 2.05) is 0 Å². The first-order valence-electron chi connectivity index (χ1n) is 9.78. The van der Waals surface area contributed by atoms with E-state index in [0.717, 1.165) is 0 Å². The lowest BCUT2D eigenvalue weighted by Gasteiger charge is -2.48. The molecule has 2 bridgehead atoms. The molecule has 2 rings (SSSR count). The van der Waals surface area contributed by atoms with Gasteiger partial charge in [0.2, 0.25) is 0 Å². The molecule has 0 amide bonds. The largest absolute Gasteiger partial charge is 0.411 e. The molecule has 0 aromatic carbocycles. The van der Waals surface area contributed by atoms with E-state index in [1.54, 1.807) is 0 Å². The molecule has 0 N–H and O–H groups in total. The summed E-state index contributed by atoms with van der Waals surface area (Å²) in [6.45, 7) is 22.4. The van der Waals surface area contributed by atoms with Gasteiger partial charge in [0.25, 0.3) is 0 Å². The van der Waals surface area contributed by atoms with Crippen LogP contribution in [-0.4, -0.2) is 53.9 Å². The van der Waals surface area contributed by atoms with Crippen molar-refractivity contribution in [2.75, 3.05) is 6.61 Å². The van der Waals surface area contributed by atoms with Gasteiger partial charge in [0.1, 0.15) is 12.2 Å². The molecular weight excluding hydrogens is 378 g/mol. The predicted molar refractivity (Wildman–Crippen MR) is 112 cm³/mol. The molecular formula is C18H37N3O4Si2. The molecule has 5 atom stereocenters. The topological polar surface area (TPSA) is 85.7 Å². The van der Waals surface area contributed by atoms with Gasteiger partial charge in [0, 0.05) is 4.91 Å². The first-order valence-corrected chi connectivity index (χ1v) is 15.6. The molecule has 2 aliphatic rings. The first-order chi connectivity index (χ1) is 12.1. The van der Waals surface area contributed by atoms with Crippen LogP contribution < -0.4 is 0 Å². The summed E-state index contributed by atoms with van der Waals surface area (Å²) in [4.78, 5) is 3.13. The minimum Gasteiger partial charge on any atom is -0.411 e. The van der Waals surface area contributed by atoms with Crippen LogP contribution in [-0.2, 0) is 18.3 Å². The average Bonchev–Trinajstić information content (AvgIpc) is 2.91. The maximum absolute atomic E-state index is 9.25. The SMILES string of the molecule is CC(C)(C)[Si](C)(C)O[C@H]1[C@@H]2OC[C@@H](O2)[C@@H](O[Si](C)(C)C(C)(C)C)[C@@H]1N=[N+]=[N-]. The quantitative estimate of drug-likeness (QED) is 0.267. The van der Waals surface area contributed by atoms with Gasteiger partial charge in [-0.2, -0.15) is 0 Å². The Kier molecular flexibility index (Phi) is 6.30. The summed E-state index contributed by atoms with van der Waals surface area (Å²) in [7, 11) is -4.21. The summed E-state index contributed by atoms with van der Waals surface area (Å²) in [5.41, 5.74) is 9.25. The maximum Gasteiger partial charge on any atom is 0.192 e. The Morgan fingerprint density at radius 2 is 1.41 bits per heavy atom. The Bertz CT molecular complexity index is 552. The van der Waals surface area contributed by atoms with Crippen molar-refractivity contribution >= 4 is 16.6 Å². The zero-order valence-corrected chi connectivity index (χ0v) is 20.6. The van der Waals surface area contributed by atoms with Gasteiger partial charge in [-0.25, -0.2) is 0 Å². The van der Waals surface area contributed by atoms with E-state index in [4.69, 9.17) is 18.3 Å². The van der Waals surface area contributed by atoms with Crippen molar-refractivity contribution in [1.82, 2.24) is 0 Å². The van der Waals surface area contributed by atoms with Crippen LogP contribution in [0.5, 0.6) is 0 Å². The summed E-state index contributed by atoms with van der Waals surface area (Å²) in [6.07, 6.45) is -1.52. The van der Waals surface area contributed by atoms with Crippen molar-refractivity contribution in [1.29, 1.82) is 0 Å². The number of rotatable bonds is 5. The molecule has 2 aliphatic heterocycles. The van der Waals surface area contributed by atoms with Gasteiger partial charge in [0.05, 0.1) is 18.8 Å². The number of hydrogen-bond donors (Lipinski definition) is 0. The molecule has 0 aromatic heterocycles. The van der Waals surface area contributed by atoms with E-state index in [0.29, 0.717) is 6.61 Å². The number of hydrogen-bond acceptors (Lipinski definition) is 5. The Morgan fingerprint density at radius 1 is 0.926 bits per heavy atom. The number of azide groups is 1. The van der Waals surface area contributed by atoms with Crippen molar-refractivity contribution < 1.29 is 18.3 Å². The third-order valence-corrected chi connectivity index (χ3v) is 15.6. The van der Waals surface area contributed by atoms with Gasteiger partial charge in [0.15, 0.2) is 22.9 Å². The Morgan fingerprint density at radius 3 is 1.85 bits per heavy atom. The third-order valence-electron chi connectivity index (χ3n) is 6.70. The van der Waals surface area contributed by atoms with Crippen molar-refractivity contribution in [3.05, 3.63) is 10.4 Å². The van der Waals surface area contributed by atoms with Crippen LogP contribution >= 0.6 is 0 Å².